The summed E-state index contributed by atoms with van der Waals surface area (Å²) in [6, 6.07) is 17.2. The van der Waals surface area contributed by atoms with Crippen LogP contribution >= 0.6 is 0 Å². The molecule has 6 rings (SSSR count). The van der Waals surface area contributed by atoms with E-state index >= 15 is 0 Å². The summed E-state index contributed by atoms with van der Waals surface area (Å²) in [6.07, 6.45) is 9.95. The second-order valence-electron chi connectivity index (χ2n) is 11.4. The smallest absolute Gasteiger partial charge is 0.255 e. The number of amides is 1. The van der Waals surface area contributed by atoms with Crippen molar-refractivity contribution in [2.45, 2.75) is 70.9 Å². The molecule has 4 aliphatic carbocycles. The van der Waals surface area contributed by atoms with Crippen molar-refractivity contribution in [3.8, 4) is 5.75 Å². The first-order valence-electron chi connectivity index (χ1n) is 13.2. The van der Waals surface area contributed by atoms with Crippen molar-refractivity contribution in [3.05, 3.63) is 65.7 Å². The molecule has 0 saturated heterocycles. The van der Waals surface area contributed by atoms with Gasteiger partial charge in [0.05, 0.1) is 11.7 Å². The zero-order valence-electron chi connectivity index (χ0n) is 20.4. The van der Waals surface area contributed by atoms with Gasteiger partial charge in [-0.25, -0.2) is 0 Å². The molecule has 0 spiro atoms. The molecule has 0 aromatic heterocycles. The molecule has 2 unspecified atom stereocenters. The molecule has 4 bridgehead atoms. The van der Waals surface area contributed by atoms with Gasteiger partial charge in [-0.2, -0.15) is 0 Å². The Labute approximate surface area is 204 Å². The van der Waals surface area contributed by atoms with Gasteiger partial charge >= 0.3 is 0 Å². The number of hydrogen-bond acceptors (Lipinski definition) is 3. The van der Waals surface area contributed by atoms with Crippen molar-refractivity contribution in [1.29, 1.82) is 0 Å². The molecule has 4 fully saturated rings. The standard InChI is InChI=1S/C30H39NO3/c1-21(30-16-23-13-24(17-30)15-25(14-23)18-30)11-12-26(32)20-34-28-10-6-5-9-27(28)29(33)31-19-22-7-3-2-4-8-22/h2-10,21,23-26,32H,11-20H2,1H3,(H,31,33). The highest BCUT2D eigenvalue weighted by Crippen LogP contribution is 2.63. The van der Waals surface area contributed by atoms with Crippen LogP contribution in [0.25, 0.3) is 0 Å². The minimum atomic E-state index is -0.517. The van der Waals surface area contributed by atoms with E-state index < -0.39 is 6.10 Å². The highest BCUT2D eigenvalue weighted by atomic mass is 16.5. The fourth-order valence-electron chi connectivity index (χ4n) is 7.45. The van der Waals surface area contributed by atoms with Crippen molar-refractivity contribution in [1.82, 2.24) is 5.32 Å². The number of aliphatic hydroxyl groups excluding tert-OH is 1. The van der Waals surface area contributed by atoms with E-state index in [1.165, 1.54) is 38.5 Å². The summed E-state index contributed by atoms with van der Waals surface area (Å²) in [7, 11) is 0. The Kier molecular flexibility index (Phi) is 6.96. The maximum Gasteiger partial charge on any atom is 0.255 e. The number of ether oxygens (including phenoxy) is 1. The molecule has 0 heterocycles. The number of nitrogens with one attached hydrogen (secondary N) is 1. The number of para-hydroxylation sites is 1. The lowest BCUT2D eigenvalue weighted by Gasteiger charge is -2.59. The van der Waals surface area contributed by atoms with Crippen LogP contribution < -0.4 is 10.1 Å². The molecular formula is C30H39NO3. The fourth-order valence-corrected chi connectivity index (χ4v) is 7.45. The number of hydrogen-bond donors (Lipinski definition) is 2. The Morgan fingerprint density at radius 2 is 1.59 bits per heavy atom. The summed E-state index contributed by atoms with van der Waals surface area (Å²) in [5, 5.41) is 13.7. The van der Waals surface area contributed by atoms with Crippen LogP contribution in [-0.2, 0) is 6.54 Å². The van der Waals surface area contributed by atoms with E-state index in [0.29, 0.717) is 29.2 Å². The van der Waals surface area contributed by atoms with Crippen LogP contribution in [0, 0.1) is 29.1 Å². The lowest BCUT2D eigenvalue weighted by Crippen LogP contribution is -2.49. The van der Waals surface area contributed by atoms with Crippen molar-refractivity contribution in [3.63, 3.8) is 0 Å². The lowest BCUT2D eigenvalue weighted by atomic mass is 9.46. The van der Waals surface area contributed by atoms with Crippen LogP contribution in [0.2, 0.25) is 0 Å². The van der Waals surface area contributed by atoms with Crippen LogP contribution in [0.1, 0.15) is 74.2 Å². The zero-order chi connectivity index (χ0) is 23.5. The van der Waals surface area contributed by atoms with Crippen LogP contribution in [-0.4, -0.2) is 23.7 Å². The molecule has 0 radical (unpaired) electrons. The van der Waals surface area contributed by atoms with Crippen molar-refractivity contribution >= 4 is 5.91 Å². The summed E-state index contributed by atoms with van der Waals surface area (Å²) in [4.78, 5) is 12.8. The van der Waals surface area contributed by atoms with Crippen LogP contribution in [0.5, 0.6) is 5.75 Å². The van der Waals surface area contributed by atoms with E-state index in [2.05, 4.69) is 12.2 Å². The predicted octanol–water partition coefficient (Wildman–Crippen LogP) is 5.99. The molecule has 2 aromatic carbocycles. The van der Waals surface area contributed by atoms with Gasteiger partial charge in [-0.15, -0.1) is 0 Å². The highest BCUT2D eigenvalue weighted by Gasteiger charge is 2.52. The summed E-state index contributed by atoms with van der Waals surface area (Å²) >= 11 is 0. The fraction of sp³-hybridized carbons (Fsp3) is 0.567. The second-order valence-corrected chi connectivity index (χ2v) is 11.4. The number of carbonyl (C=O) groups excluding carboxylic acids is 1. The third kappa shape index (κ3) is 5.17. The normalized spacial score (nSPS) is 28.9. The van der Waals surface area contributed by atoms with Gasteiger partial charge in [0.1, 0.15) is 12.4 Å². The molecule has 2 atom stereocenters. The van der Waals surface area contributed by atoms with Gasteiger partial charge in [0.15, 0.2) is 0 Å². The average molecular weight is 462 g/mol. The maximum absolute atomic E-state index is 12.8. The minimum Gasteiger partial charge on any atom is -0.490 e. The third-order valence-electron chi connectivity index (χ3n) is 8.92. The number of aliphatic hydroxyl groups is 1. The third-order valence-corrected chi connectivity index (χ3v) is 8.92. The van der Waals surface area contributed by atoms with Crippen LogP contribution in [0.3, 0.4) is 0 Å². The summed E-state index contributed by atoms with van der Waals surface area (Å²) < 4.78 is 5.94. The Balaban J connectivity index is 1.11. The van der Waals surface area contributed by atoms with Crippen LogP contribution in [0.4, 0.5) is 0 Å². The van der Waals surface area contributed by atoms with Gasteiger partial charge in [-0.05, 0) is 98.1 Å². The molecule has 4 nitrogen and oxygen atoms in total. The molecule has 4 heteroatoms. The lowest BCUT2D eigenvalue weighted by molar-refractivity contribution is -0.0869. The first kappa shape index (κ1) is 23.4. The van der Waals surface area contributed by atoms with Gasteiger partial charge in [0, 0.05) is 6.54 Å². The van der Waals surface area contributed by atoms with Crippen LogP contribution in [0.15, 0.2) is 54.6 Å². The van der Waals surface area contributed by atoms with Gasteiger partial charge < -0.3 is 15.2 Å². The van der Waals surface area contributed by atoms with E-state index in [1.54, 1.807) is 6.07 Å². The molecule has 34 heavy (non-hydrogen) atoms. The average Bonchev–Trinajstić information content (AvgIpc) is 2.84. The first-order chi connectivity index (χ1) is 16.5. The molecule has 182 valence electrons. The molecule has 1 amide bonds. The Morgan fingerprint density at radius 1 is 0.971 bits per heavy atom. The predicted molar refractivity (Wildman–Crippen MR) is 135 cm³/mol. The number of benzene rings is 2. The van der Waals surface area contributed by atoms with Crippen molar-refractivity contribution < 1.29 is 14.6 Å². The zero-order valence-corrected chi connectivity index (χ0v) is 20.4. The SMILES string of the molecule is CC(CCC(O)COc1ccccc1C(=O)NCc1ccccc1)C12CC3CC(CC(C3)C1)C2. The summed E-state index contributed by atoms with van der Waals surface area (Å²) in [5.74, 6) is 3.92. The minimum absolute atomic E-state index is 0.163. The monoisotopic (exact) mass is 461 g/mol. The number of rotatable bonds is 10. The molecular weight excluding hydrogens is 422 g/mol. The van der Waals surface area contributed by atoms with E-state index in [4.69, 9.17) is 4.74 Å². The van der Waals surface area contributed by atoms with Crippen molar-refractivity contribution in [2.75, 3.05) is 6.61 Å². The van der Waals surface area contributed by atoms with E-state index in [-0.39, 0.29) is 12.5 Å². The van der Waals surface area contributed by atoms with Gasteiger partial charge in [0.25, 0.3) is 5.91 Å². The van der Waals surface area contributed by atoms with Gasteiger partial charge in [0.2, 0.25) is 0 Å². The van der Waals surface area contributed by atoms with Gasteiger partial charge in [-0.3, -0.25) is 4.79 Å². The molecule has 2 N–H and O–H groups in total. The van der Waals surface area contributed by atoms with E-state index in [1.807, 2.05) is 48.5 Å². The quantitative estimate of drug-likeness (QED) is 0.457. The highest BCUT2D eigenvalue weighted by molar-refractivity contribution is 5.96. The van der Waals surface area contributed by atoms with E-state index in [0.717, 1.165) is 36.2 Å². The maximum atomic E-state index is 12.8. The number of carbonyl (C=O) groups is 1. The summed E-state index contributed by atoms with van der Waals surface area (Å²) in [6.45, 7) is 3.11. The molecule has 4 saturated carbocycles. The largest absolute Gasteiger partial charge is 0.490 e. The second kappa shape index (κ2) is 10.1. The van der Waals surface area contributed by atoms with Crippen molar-refractivity contribution in [2.24, 2.45) is 29.1 Å². The Morgan fingerprint density at radius 3 is 2.26 bits per heavy atom. The Bertz CT molecular complexity index is 937. The molecule has 0 aliphatic heterocycles. The first-order valence-corrected chi connectivity index (χ1v) is 13.2. The summed E-state index contributed by atoms with van der Waals surface area (Å²) in [5.41, 5.74) is 2.09. The van der Waals surface area contributed by atoms with E-state index in [9.17, 15) is 9.90 Å². The topological polar surface area (TPSA) is 58.6 Å². The molecule has 2 aromatic rings. The Hall–Kier alpha value is -2.33. The molecule has 4 aliphatic rings. The van der Waals surface area contributed by atoms with Gasteiger partial charge in [-0.1, -0.05) is 49.4 Å².